The lowest BCUT2D eigenvalue weighted by atomic mass is 9.77. The monoisotopic (exact) mass is 500 g/mol. The van der Waals surface area contributed by atoms with Gasteiger partial charge in [0, 0.05) is 0 Å². The Labute approximate surface area is 215 Å². The first-order valence-corrected chi connectivity index (χ1v) is 14.3. The summed E-state index contributed by atoms with van der Waals surface area (Å²) in [5, 5.41) is 0. The first-order valence-electron chi connectivity index (χ1n) is 14.3. The summed E-state index contributed by atoms with van der Waals surface area (Å²) in [5.41, 5.74) is 2.49. The van der Waals surface area contributed by atoms with E-state index in [2.05, 4.69) is 26.0 Å². The van der Waals surface area contributed by atoms with Crippen molar-refractivity contribution in [2.45, 2.75) is 109 Å². The minimum absolute atomic E-state index is 0.156. The third-order valence-electron chi connectivity index (χ3n) is 8.87. The fourth-order valence-electron chi connectivity index (χ4n) is 6.45. The van der Waals surface area contributed by atoms with Crippen molar-refractivity contribution in [1.29, 1.82) is 0 Å². The fraction of sp³-hybridized carbons (Fsp3) is 0.625. The van der Waals surface area contributed by atoms with Gasteiger partial charge in [0.15, 0.2) is 0 Å². The topological polar surface area (TPSA) is 9.23 Å². The van der Waals surface area contributed by atoms with E-state index in [1.807, 2.05) is 12.1 Å². The van der Waals surface area contributed by atoms with Gasteiger partial charge >= 0.3 is 6.11 Å². The van der Waals surface area contributed by atoms with Crippen molar-refractivity contribution in [3.05, 3.63) is 70.5 Å². The molecule has 0 aromatic heterocycles. The highest BCUT2D eigenvalue weighted by atomic mass is 19.3. The summed E-state index contributed by atoms with van der Waals surface area (Å²) in [6.45, 7) is 4.31. The number of benzene rings is 2. The fourth-order valence-corrected chi connectivity index (χ4v) is 6.45. The Hall–Kier alpha value is -1.81. The Balaban J connectivity index is 1.27. The molecule has 0 spiro atoms. The summed E-state index contributed by atoms with van der Waals surface area (Å²) in [4.78, 5) is 0. The van der Waals surface area contributed by atoms with Crippen molar-refractivity contribution in [3.63, 3.8) is 0 Å². The largest absolute Gasteiger partial charge is 0.386 e. The average molecular weight is 501 g/mol. The van der Waals surface area contributed by atoms with Crippen LogP contribution in [-0.2, 0) is 17.3 Å². The molecule has 0 saturated heterocycles. The van der Waals surface area contributed by atoms with Crippen molar-refractivity contribution >= 4 is 0 Å². The second-order valence-electron chi connectivity index (χ2n) is 11.2. The van der Waals surface area contributed by atoms with Crippen LogP contribution < -0.4 is 0 Å². The Morgan fingerprint density at radius 3 is 1.94 bits per heavy atom. The van der Waals surface area contributed by atoms with E-state index < -0.39 is 17.5 Å². The van der Waals surface area contributed by atoms with E-state index in [4.69, 9.17) is 4.74 Å². The van der Waals surface area contributed by atoms with Gasteiger partial charge in [0.25, 0.3) is 0 Å². The summed E-state index contributed by atoms with van der Waals surface area (Å²) >= 11 is 0. The van der Waals surface area contributed by atoms with Crippen LogP contribution in [0.1, 0.15) is 119 Å². The van der Waals surface area contributed by atoms with Crippen LogP contribution in [0.4, 0.5) is 13.2 Å². The minimum Gasteiger partial charge on any atom is -0.316 e. The summed E-state index contributed by atoms with van der Waals surface area (Å²) in [6.07, 6.45) is 9.87. The molecule has 2 aromatic carbocycles. The van der Waals surface area contributed by atoms with Crippen molar-refractivity contribution in [2.75, 3.05) is 6.61 Å². The maximum Gasteiger partial charge on any atom is 0.386 e. The van der Waals surface area contributed by atoms with Crippen LogP contribution in [0.15, 0.2) is 42.5 Å². The van der Waals surface area contributed by atoms with Gasteiger partial charge in [-0.25, -0.2) is 4.39 Å². The number of hydrogen-bond acceptors (Lipinski definition) is 1. The van der Waals surface area contributed by atoms with Crippen LogP contribution in [0, 0.1) is 17.7 Å². The first kappa shape index (κ1) is 27.2. The molecule has 2 fully saturated rings. The highest BCUT2D eigenvalue weighted by Crippen LogP contribution is 2.40. The van der Waals surface area contributed by atoms with Crippen LogP contribution in [0.5, 0.6) is 0 Å². The van der Waals surface area contributed by atoms with Gasteiger partial charge in [0.2, 0.25) is 0 Å². The highest BCUT2D eigenvalue weighted by molar-refractivity contribution is 5.29. The molecule has 0 aliphatic heterocycles. The van der Waals surface area contributed by atoms with Crippen molar-refractivity contribution in [1.82, 2.24) is 0 Å². The standard InChI is InChI=1S/C32H43F3O/c1-3-5-24-8-14-26(15-9-24)27-16-10-25(11-17-27)20-21-36-32(34,35)30-19-18-29(22-31(30)33)28-12-6-23(4-2)7-13-28/h10-11,16-19,22-24,26,28H,3-9,12-15,20-21H2,1-2H3. The maximum absolute atomic E-state index is 14.7. The SMILES string of the molecule is CCCC1CCC(c2ccc(CCOC(F)(F)c3ccc(C4CCC(CC)CC4)cc3F)cc2)CC1. The molecule has 36 heavy (non-hydrogen) atoms. The zero-order valence-corrected chi connectivity index (χ0v) is 22.1. The van der Waals surface area contributed by atoms with E-state index in [1.165, 1.54) is 62.6 Å². The van der Waals surface area contributed by atoms with E-state index in [0.29, 0.717) is 12.3 Å². The average Bonchev–Trinajstić information content (AvgIpc) is 2.89. The van der Waals surface area contributed by atoms with Crippen LogP contribution in [0.25, 0.3) is 0 Å². The van der Waals surface area contributed by atoms with Gasteiger partial charge in [-0.15, -0.1) is 0 Å². The Bertz CT molecular complexity index is 938. The second-order valence-corrected chi connectivity index (χ2v) is 11.2. The van der Waals surface area contributed by atoms with Gasteiger partial charge in [-0.3, -0.25) is 0 Å². The van der Waals surface area contributed by atoms with Gasteiger partial charge < -0.3 is 4.74 Å². The number of rotatable bonds is 10. The van der Waals surface area contributed by atoms with Crippen LogP contribution in [-0.4, -0.2) is 6.61 Å². The predicted octanol–water partition coefficient (Wildman–Crippen LogP) is 9.89. The predicted molar refractivity (Wildman–Crippen MR) is 141 cm³/mol. The molecule has 2 saturated carbocycles. The van der Waals surface area contributed by atoms with Gasteiger partial charge in [-0.05, 0) is 110 Å². The van der Waals surface area contributed by atoms with Crippen LogP contribution in [0.3, 0.4) is 0 Å². The second kappa shape index (κ2) is 12.6. The molecular weight excluding hydrogens is 457 g/mol. The molecular formula is C32H43F3O. The van der Waals surface area contributed by atoms with Crippen LogP contribution >= 0.6 is 0 Å². The summed E-state index contributed by atoms with van der Waals surface area (Å²) < 4.78 is 49.1. The molecule has 0 heterocycles. The molecule has 0 unspecified atom stereocenters. The molecule has 2 aliphatic rings. The molecule has 0 amide bonds. The van der Waals surface area contributed by atoms with Gasteiger partial charge in [-0.2, -0.15) is 8.78 Å². The van der Waals surface area contributed by atoms with Crippen molar-refractivity contribution < 1.29 is 17.9 Å². The van der Waals surface area contributed by atoms with Crippen LogP contribution in [0.2, 0.25) is 0 Å². The lowest BCUT2D eigenvalue weighted by Crippen LogP contribution is -2.22. The molecule has 1 nitrogen and oxygen atoms in total. The Morgan fingerprint density at radius 1 is 0.778 bits per heavy atom. The molecule has 198 valence electrons. The zero-order chi connectivity index (χ0) is 25.5. The van der Waals surface area contributed by atoms with E-state index >= 15 is 0 Å². The lowest BCUT2D eigenvalue weighted by molar-refractivity contribution is -0.249. The van der Waals surface area contributed by atoms with E-state index in [0.717, 1.165) is 48.6 Å². The zero-order valence-electron chi connectivity index (χ0n) is 22.1. The molecule has 4 heteroatoms. The summed E-state index contributed by atoms with van der Waals surface area (Å²) in [6, 6.07) is 12.5. The molecule has 0 radical (unpaired) electrons. The minimum atomic E-state index is -3.64. The maximum atomic E-state index is 14.7. The van der Waals surface area contributed by atoms with Crippen molar-refractivity contribution in [3.8, 4) is 0 Å². The van der Waals surface area contributed by atoms with Crippen molar-refractivity contribution in [2.24, 2.45) is 11.8 Å². The third kappa shape index (κ3) is 6.94. The third-order valence-corrected chi connectivity index (χ3v) is 8.87. The Kier molecular flexibility index (Phi) is 9.55. The first-order chi connectivity index (χ1) is 17.4. The van der Waals surface area contributed by atoms with Gasteiger partial charge in [0.05, 0.1) is 12.2 Å². The summed E-state index contributed by atoms with van der Waals surface area (Å²) in [5.74, 6) is 1.63. The van der Waals surface area contributed by atoms with E-state index in [1.54, 1.807) is 6.07 Å². The lowest BCUT2D eigenvalue weighted by Gasteiger charge is -2.28. The number of hydrogen-bond donors (Lipinski definition) is 0. The van der Waals surface area contributed by atoms with E-state index in [9.17, 15) is 13.2 Å². The molecule has 2 aromatic rings. The number of ether oxygens (including phenoxy) is 1. The molecule has 0 bridgehead atoms. The molecule has 0 atom stereocenters. The summed E-state index contributed by atoms with van der Waals surface area (Å²) in [7, 11) is 0. The number of alkyl halides is 2. The quantitative estimate of drug-likeness (QED) is 0.315. The van der Waals surface area contributed by atoms with Gasteiger partial charge in [0.1, 0.15) is 5.82 Å². The smallest absolute Gasteiger partial charge is 0.316 e. The number of halogens is 3. The van der Waals surface area contributed by atoms with Gasteiger partial charge in [-0.1, -0.05) is 63.4 Å². The Morgan fingerprint density at radius 2 is 1.36 bits per heavy atom. The normalized spacial score (nSPS) is 25.1. The molecule has 2 aliphatic carbocycles. The van der Waals surface area contributed by atoms with E-state index in [-0.39, 0.29) is 12.5 Å². The molecule has 0 N–H and O–H groups in total. The molecule has 4 rings (SSSR count). The highest BCUT2D eigenvalue weighted by Gasteiger charge is 2.36.